The zero-order valence-electron chi connectivity index (χ0n) is 25.2. The van der Waals surface area contributed by atoms with E-state index in [1.54, 1.807) is 38.1 Å². The van der Waals surface area contributed by atoms with Crippen molar-refractivity contribution < 1.29 is 37.8 Å². The van der Waals surface area contributed by atoms with Gasteiger partial charge in [0.1, 0.15) is 11.0 Å². The number of alkyl halides is 2. The number of ether oxygens (including phenoxy) is 1. The van der Waals surface area contributed by atoms with Crippen molar-refractivity contribution >= 4 is 69.0 Å². The number of hydrogen-bond donors (Lipinski definition) is 1. The molecule has 244 valence electrons. The summed E-state index contributed by atoms with van der Waals surface area (Å²) >= 11 is 13.7. The van der Waals surface area contributed by atoms with E-state index in [9.17, 15) is 24.3 Å². The number of halogens is 4. The summed E-state index contributed by atoms with van der Waals surface area (Å²) in [6, 6.07) is 9.23. The summed E-state index contributed by atoms with van der Waals surface area (Å²) in [5.74, 6) is -4.34. The van der Waals surface area contributed by atoms with Crippen molar-refractivity contribution in [3.8, 4) is 0 Å². The highest BCUT2D eigenvalue weighted by atomic mass is 35.5. The van der Waals surface area contributed by atoms with Crippen molar-refractivity contribution in [2.45, 2.75) is 63.6 Å². The predicted molar refractivity (Wildman–Crippen MR) is 174 cm³/mol. The fourth-order valence-electron chi connectivity index (χ4n) is 8.80. The summed E-state index contributed by atoms with van der Waals surface area (Å²) < 4.78 is 40.3. The average Bonchev–Trinajstić information content (AvgIpc) is 3.54. The molecule has 9 atom stereocenters. The van der Waals surface area contributed by atoms with Gasteiger partial charge in [0.05, 0.1) is 16.2 Å². The smallest absolute Gasteiger partial charge is 0.349 e. The van der Waals surface area contributed by atoms with Crippen molar-refractivity contribution in [1.82, 2.24) is 0 Å². The van der Waals surface area contributed by atoms with Crippen molar-refractivity contribution in [2.75, 3.05) is 5.75 Å². The normalized spacial score (nSPS) is 38.0. The molecule has 12 heteroatoms. The molecule has 6 nitrogen and oxygen atoms in total. The minimum atomic E-state index is -2.37. The Kier molecular flexibility index (Phi) is 8.49. The lowest BCUT2D eigenvalue weighted by Crippen LogP contribution is -2.70. The topological polar surface area (TPSA) is 97.7 Å². The number of allylic oxidation sites excluding steroid dienone is 4. The molecule has 1 aromatic heterocycles. The van der Waals surface area contributed by atoms with Gasteiger partial charge in [-0.2, -0.15) is 0 Å². The van der Waals surface area contributed by atoms with Crippen LogP contribution in [-0.2, 0) is 14.3 Å². The van der Waals surface area contributed by atoms with Crippen molar-refractivity contribution in [2.24, 2.45) is 28.6 Å². The molecule has 4 aliphatic rings. The van der Waals surface area contributed by atoms with E-state index in [-0.39, 0.29) is 41.2 Å². The second-order valence-electron chi connectivity index (χ2n) is 13.2. The van der Waals surface area contributed by atoms with Crippen LogP contribution in [0.5, 0.6) is 0 Å². The minimum Gasteiger partial charge on any atom is -0.445 e. The van der Waals surface area contributed by atoms with E-state index >= 15 is 8.78 Å². The Balaban J connectivity index is 1.41. The Morgan fingerprint density at radius 2 is 1.78 bits per heavy atom. The van der Waals surface area contributed by atoms with Crippen LogP contribution in [0.2, 0.25) is 9.36 Å². The summed E-state index contributed by atoms with van der Waals surface area (Å²) in [6.45, 7) is 4.92. The van der Waals surface area contributed by atoms with Gasteiger partial charge in [-0.3, -0.25) is 14.4 Å². The number of carbonyl (C=O) groups is 4. The van der Waals surface area contributed by atoms with E-state index in [1.807, 2.05) is 0 Å². The minimum absolute atomic E-state index is 0.00735. The second-order valence-corrected chi connectivity index (χ2v) is 16.3. The van der Waals surface area contributed by atoms with Crippen LogP contribution in [0.1, 0.15) is 60.1 Å². The monoisotopic (exact) mass is 708 g/mol. The molecule has 6 rings (SSSR count). The van der Waals surface area contributed by atoms with Gasteiger partial charge in [-0.15, -0.1) is 11.3 Å². The zero-order valence-corrected chi connectivity index (χ0v) is 28.4. The Bertz CT molecular complexity index is 1690. The van der Waals surface area contributed by atoms with Crippen LogP contribution in [-0.4, -0.2) is 57.1 Å². The number of benzene rings is 1. The lowest BCUT2D eigenvalue weighted by molar-refractivity contribution is -0.221. The van der Waals surface area contributed by atoms with Gasteiger partial charge in [0.25, 0.3) is 0 Å². The van der Waals surface area contributed by atoms with Crippen LogP contribution >= 0.6 is 46.3 Å². The van der Waals surface area contributed by atoms with Crippen LogP contribution in [0.15, 0.2) is 60.2 Å². The molecule has 4 aliphatic carbocycles. The van der Waals surface area contributed by atoms with Gasteiger partial charge in [0.15, 0.2) is 22.8 Å². The number of Topliss-reactive ketones (excluding diaryl/α,β-unsaturated/α-hetero) is 1. The van der Waals surface area contributed by atoms with Crippen LogP contribution in [0.3, 0.4) is 0 Å². The number of carbonyl (C=O) groups excluding carboxylic acids is 4. The summed E-state index contributed by atoms with van der Waals surface area (Å²) in [4.78, 5) is 53.6. The van der Waals surface area contributed by atoms with Gasteiger partial charge < -0.3 is 9.84 Å². The lowest BCUT2D eigenvalue weighted by Gasteiger charge is -2.63. The molecule has 1 N–H and O–H groups in total. The molecule has 3 saturated carbocycles. The standard InChI is InChI=1S/C34H32Cl2F2O6S2/c1-17-12-21-22-14-24(37)23-13-20(39)10-11-31(23,2)33(22,38)27(41)15-32(21,3)34(17,44-29(42)26-8-9-28(36)46-26)30(43)45-16-25(40)18-4-6-19(35)7-5-18/h4-11,13,17,21-22,24,27,41H,12,14-16H2,1-3H3/t17-,21+,22+,24+,27+,31+,32+,33+,34+/m1/s1. The molecule has 0 radical (unpaired) electrons. The Hall–Kier alpha value is -2.37. The molecule has 46 heavy (non-hydrogen) atoms. The van der Waals surface area contributed by atoms with Gasteiger partial charge >= 0.3 is 5.97 Å². The molecule has 1 heterocycles. The Labute approximate surface area is 283 Å². The number of ketones is 2. The molecule has 3 fully saturated rings. The number of fused-ring (bicyclic) bond motifs is 5. The van der Waals surface area contributed by atoms with Crippen molar-refractivity contribution in [3.05, 3.63) is 80.0 Å². The molecule has 0 spiro atoms. The van der Waals surface area contributed by atoms with Gasteiger partial charge in [-0.1, -0.05) is 54.9 Å². The zero-order chi connectivity index (χ0) is 33.4. The van der Waals surface area contributed by atoms with E-state index < -0.39 is 69.0 Å². The first-order chi connectivity index (χ1) is 21.6. The third kappa shape index (κ3) is 4.80. The molecule has 0 unspecified atom stereocenters. The highest BCUT2D eigenvalue weighted by molar-refractivity contribution is 8.14. The molecule has 2 aromatic rings. The van der Waals surface area contributed by atoms with Gasteiger partial charge in [0, 0.05) is 33.3 Å². The molecule has 0 amide bonds. The molecule has 0 aliphatic heterocycles. The molecule has 0 bridgehead atoms. The van der Waals surface area contributed by atoms with Crippen LogP contribution in [0.4, 0.5) is 8.78 Å². The van der Waals surface area contributed by atoms with E-state index in [4.69, 9.17) is 27.9 Å². The molecular formula is C34H32Cl2F2O6S2. The second kappa shape index (κ2) is 11.7. The quantitative estimate of drug-likeness (QED) is 0.243. The number of thiophene rings is 1. The third-order valence-corrected chi connectivity index (χ3v) is 13.4. The van der Waals surface area contributed by atoms with Crippen molar-refractivity contribution in [3.63, 3.8) is 0 Å². The number of aliphatic hydroxyl groups excluding tert-OH is 1. The highest BCUT2D eigenvalue weighted by Gasteiger charge is 2.78. The van der Waals surface area contributed by atoms with Crippen LogP contribution in [0, 0.1) is 28.6 Å². The fourth-order valence-corrected chi connectivity index (χ4v) is 11.0. The molecule has 1 aromatic carbocycles. The number of aliphatic hydroxyl groups is 1. The van der Waals surface area contributed by atoms with Gasteiger partial charge in [-0.25, -0.2) is 13.6 Å². The first-order valence-corrected chi connectivity index (χ1v) is 17.5. The molecule has 0 saturated heterocycles. The summed E-state index contributed by atoms with van der Waals surface area (Å²) in [6.07, 6.45) is -0.0956. The van der Waals surface area contributed by atoms with Gasteiger partial charge in [-0.05, 0) is 86.2 Å². The highest BCUT2D eigenvalue weighted by Crippen LogP contribution is 2.72. The van der Waals surface area contributed by atoms with E-state index in [2.05, 4.69) is 0 Å². The largest absolute Gasteiger partial charge is 0.445 e. The SMILES string of the molecule is C[C@@H]1C[C@H]2[C@@H]3C[C@H](F)C4=CC(=O)C=C[C@]4(C)[C@@]3(F)[C@@H](O)C[C@]2(C)[C@@]1(OC(=O)c1ccc(Cl)s1)C(=O)SCC(=O)c1ccc(Cl)cc1. The maximum absolute atomic E-state index is 17.7. The first kappa shape index (κ1) is 33.5. The number of thioether (sulfide) groups is 1. The number of rotatable bonds is 6. The van der Waals surface area contributed by atoms with Crippen molar-refractivity contribution in [1.29, 1.82) is 0 Å². The Morgan fingerprint density at radius 3 is 2.43 bits per heavy atom. The summed E-state index contributed by atoms with van der Waals surface area (Å²) in [5.41, 5.74) is -6.89. The van der Waals surface area contributed by atoms with E-state index in [0.717, 1.165) is 17.4 Å². The Morgan fingerprint density at radius 1 is 1.09 bits per heavy atom. The first-order valence-electron chi connectivity index (χ1n) is 15.0. The summed E-state index contributed by atoms with van der Waals surface area (Å²) in [5, 5.41) is 11.6. The van der Waals surface area contributed by atoms with E-state index in [0.29, 0.717) is 26.7 Å². The number of hydrogen-bond acceptors (Lipinski definition) is 8. The maximum Gasteiger partial charge on any atom is 0.349 e. The third-order valence-electron chi connectivity index (χ3n) is 11.0. The van der Waals surface area contributed by atoms with Gasteiger partial charge in [0.2, 0.25) is 5.12 Å². The fraction of sp³-hybridized carbons (Fsp3) is 0.471. The lowest BCUT2D eigenvalue weighted by atomic mass is 9.44. The van der Waals surface area contributed by atoms with Crippen LogP contribution < -0.4 is 0 Å². The average molecular weight is 710 g/mol. The van der Waals surface area contributed by atoms with Crippen LogP contribution in [0.25, 0.3) is 0 Å². The number of esters is 1. The molecular weight excluding hydrogens is 677 g/mol. The summed E-state index contributed by atoms with van der Waals surface area (Å²) in [7, 11) is 0. The van der Waals surface area contributed by atoms with E-state index in [1.165, 1.54) is 31.2 Å². The maximum atomic E-state index is 17.7. The predicted octanol–water partition coefficient (Wildman–Crippen LogP) is 7.66.